The van der Waals surface area contributed by atoms with Crippen molar-refractivity contribution in [2.45, 2.75) is 46.1 Å². The second kappa shape index (κ2) is 7.47. The summed E-state index contributed by atoms with van der Waals surface area (Å²) in [5.41, 5.74) is -0.531. The van der Waals surface area contributed by atoms with Crippen LogP contribution in [0.2, 0.25) is 0 Å². The van der Waals surface area contributed by atoms with Crippen LogP contribution in [0.1, 0.15) is 40.0 Å². The Morgan fingerprint density at radius 3 is 2.50 bits per heavy atom. The fourth-order valence-corrected chi connectivity index (χ4v) is 1.74. The van der Waals surface area contributed by atoms with Gasteiger partial charge in [0.2, 0.25) is 0 Å². The topological polar surface area (TPSA) is 87.7 Å². The third-order valence-corrected chi connectivity index (χ3v) is 3.19. The number of amides is 2. The molecule has 1 atom stereocenters. The van der Waals surface area contributed by atoms with Crippen LogP contribution in [0.5, 0.6) is 0 Å². The zero-order chi connectivity index (χ0) is 15.2. The maximum absolute atomic E-state index is 11.6. The van der Waals surface area contributed by atoms with Crippen molar-refractivity contribution in [1.82, 2.24) is 10.6 Å². The molecule has 0 aliphatic heterocycles. The molecule has 0 unspecified atom stereocenters. The largest absolute Gasteiger partial charge is 0.480 e. The highest BCUT2D eigenvalue weighted by atomic mass is 16.5. The quantitative estimate of drug-likeness (QED) is 0.591. The third-order valence-electron chi connectivity index (χ3n) is 3.19. The van der Waals surface area contributed by atoms with Crippen LogP contribution in [0.15, 0.2) is 0 Å². The van der Waals surface area contributed by atoms with Crippen LogP contribution in [0, 0.1) is 11.3 Å². The van der Waals surface area contributed by atoms with E-state index in [1.54, 1.807) is 20.8 Å². The summed E-state index contributed by atoms with van der Waals surface area (Å²) in [5, 5.41) is 14.2. The average molecular weight is 286 g/mol. The Balaban J connectivity index is 2.12. The molecule has 2 amide bonds. The van der Waals surface area contributed by atoms with Crippen LogP contribution in [0.4, 0.5) is 4.79 Å². The maximum Gasteiger partial charge on any atom is 0.326 e. The number of carboxylic acids is 1. The lowest BCUT2D eigenvalue weighted by Crippen LogP contribution is -2.52. The second-order valence-electron chi connectivity index (χ2n) is 6.41. The van der Waals surface area contributed by atoms with Crippen molar-refractivity contribution in [2.24, 2.45) is 11.3 Å². The molecule has 20 heavy (non-hydrogen) atoms. The lowest BCUT2D eigenvalue weighted by atomic mass is 9.87. The molecular formula is C14H26N2O4. The minimum Gasteiger partial charge on any atom is -0.480 e. The lowest BCUT2D eigenvalue weighted by Gasteiger charge is -2.27. The van der Waals surface area contributed by atoms with E-state index in [0.29, 0.717) is 13.2 Å². The van der Waals surface area contributed by atoms with Crippen LogP contribution >= 0.6 is 0 Å². The van der Waals surface area contributed by atoms with E-state index in [1.165, 1.54) is 12.8 Å². The van der Waals surface area contributed by atoms with Gasteiger partial charge in [-0.2, -0.15) is 0 Å². The molecule has 1 fully saturated rings. The number of hydrogen-bond donors (Lipinski definition) is 3. The standard InChI is InChI=1S/C14H26N2O4/c1-14(2,3)11(12(17)18)16-13(19)15-7-4-8-20-9-10-5-6-10/h10-11H,4-9H2,1-3H3,(H,17,18)(H2,15,16,19)/t11-/m1/s1. The van der Waals surface area contributed by atoms with Crippen LogP contribution in [0.3, 0.4) is 0 Å². The van der Waals surface area contributed by atoms with E-state index in [0.717, 1.165) is 18.9 Å². The van der Waals surface area contributed by atoms with Gasteiger partial charge in [0, 0.05) is 19.8 Å². The predicted molar refractivity (Wildman–Crippen MR) is 75.6 cm³/mol. The molecule has 1 saturated carbocycles. The van der Waals surface area contributed by atoms with Crippen LogP contribution in [0.25, 0.3) is 0 Å². The molecule has 0 heterocycles. The van der Waals surface area contributed by atoms with Crippen molar-refractivity contribution in [3.05, 3.63) is 0 Å². The summed E-state index contributed by atoms with van der Waals surface area (Å²) >= 11 is 0. The number of ether oxygens (including phenoxy) is 1. The van der Waals surface area contributed by atoms with E-state index in [-0.39, 0.29) is 0 Å². The molecule has 0 spiro atoms. The molecule has 6 heteroatoms. The fourth-order valence-electron chi connectivity index (χ4n) is 1.74. The summed E-state index contributed by atoms with van der Waals surface area (Å²) in [7, 11) is 0. The number of nitrogens with one attached hydrogen (secondary N) is 2. The third kappa shape index (κ3) is 6.75. The molecule has 0 aromatic heterocycles. The van der Waals surface area contributed by atoms with Crippen LogP contribution < -0.4 is 10.6 Å². The molecule has 0 aromatic rings. The van der Waals surface area contributed by atoms with Gasteiger partial charge in [0.25, 0.3) is 0 Å². The fraction of sp³-hybridized carbons (Fsp3) is 0.857. The molecule has 0 saturated heterocycles. The summed E-state index contributed by atoms with van der Waals surface area (Å²) in [5.74, 6) is -0.283. The van der Waals surface area contributed by atoms with Gasteiger partial charge in [-0.25, -0.2) is 9.59 Å². The summed E-state index contributed by atoms with van der Waals surface area (Å²) in [6.07, 6.45) is 3.27. The number of carbonyl (C=O) groups excluding carboxylic acids is 1. The van der Waals surface area contributed by atoms with Gasteiger partial charge in [-0.15, -0.1) is 0 Å². The molecule has 1 aliphatic carbocycles. The Morgan fingerprint density at radius 2 is 2.00 bits per heavy atom. The molecule has 3 N–H and O–H groups in total. The zero-order valence-corrected chi connectivity index (χ0v) is 12.6. The SMILES string of the molecule is CC(C)(C)[C@H](NC(=O)NCCCOCC1CC1)C(=O)O. The molecule has 116 valence electrons. The van der Waals surface area contributed by atoms with E-state index >= 15 is 0 Å². The minimum atomic E-state index is -1.03. The molecule has 1 aliphatic rings. The van der Waals surface area contributed by atoms with E-state index in [1.807, 2.05) is 0 Å². The lowest BCUT2D eigenvalue weighted by molar-refractivity contribution is -0.141. The highest BCUT2D eigenvalue weighted by molar-refractivity contribution is 5.83. The summed E-state index contributed by atoms with van der Waals surface area (Å²) in [4.78, 5) is 22.7. The predicted octanol–water partition coefficient (Wildman–Crippen LogP) is 1.60. The smallest absolute Gasteiger partial charge is 0.326 e. The van der Waals surface area contributed by atoms with Gasteiger partial charge in [-0.05, 0) is 30.6 Å². The second-order valence-corrected chi connectivity index (χ2v) is 6.41. The Labute approximate surface area is 120 Å². The van der Waals surface area contributed by atoms with Gasteiger partial charge in [0.15, 0.2) is 0 Å². The van der Waals surface area contributed by atoms with Gasteiger partial charge in [0.05, 0.1) is 0 Å². The normalized spacial score (nSPS) is 16.6. The molecule has 6 nitrogen and oxygen atoms in total. The Kier molecular flexibility index (Phi) is 6.26. The highest BCUT2D eigenvalue weighted by Gasteiger charge is 2.32. The molecule has 1 rings (SSSR count). The van der Waals surface area contributed by atoms with Crippen molar-refractivity contribution >= 4 is 12.0 Å². The van der Waals surface area contributed by atoms with Crippen molar-refractivity contribution < 1.29 is 19.4 Å². The molecule has 0 bridgehead atoms. The number of carboxylic acid groups (broad SMARTS) is 1. The Bertz CT molecular complexity index is 335. The number of aliphatic carboxylic acids is 1. The van der Waals surface area contributed by atoms with Crippen molar-refractivity contribution in [3.63, 3.8) is 0 Å². The number of hydrogen-bond acceptors (Lipinski definition) is 3. The van der Waals surface area contributed by atoms with E-state index in [2.05, 4.69) is 10.6 Å². The Hall–Kier alpha value is -1.30. The van der Waals surface area contributed by atoms with Gasteiger partial charge in [-0.1, -0.05) is 20.8 Å². The van der Waals surface area contributed by atoms with E-state index < -0.39 is 23.5 Å². The zero-order valence-electron chi connectivity index (χ0n) is 12.6. The summed E-state index contributed by atoms with van der Waals surface area (Å²) < 4.78 is 5.45. The van der Waals surface area contributed by atoms with Gasteiger partial charge in [-0.3, -0.25) is 0 Å². The molecular weight excluding hydrogens is 260 g/mol. The van der Waals surface area contributed by atoms with Crippen molar-refractivity contribution in [1.29, 1.82) is 0 Å². The van der Waals surface area contributed by atoms with E-state index in [4.69, 9.17) is 9.84 Å². The number of carbonyl (C=O) groups is 2. The van der Waals surface area contributed by atoms with E-state index in [9.17, 15) is 9.59 Å². The highest BCUT2D eigenvalue weighted by Crippen LogP contribution is 2.28. The Morgan fingerprint density at radius 1 is 1.35 bits per heavy atom. The number of urea groups is 1. The van der Waals surface area contributed by atoms with Crippen LogP contribution in [-0.4, -0.2) is 42.9 Å². The minimum absolute atomic E-state index is 0.450. The van der Waals surface area contributed by atoms with Gasteiger partial charge in [0.1, 0.15) is 6.04 Å². The van der Waals surface area contributed by atoms with Crippen LogP contribution in [-0.2, 0) is 9.53 Å². The summed E-state index contributed by atoms with van der Waals surface area (Å²) in [6.45, 7) is 7.25. The monoisotopic (exact) mass is 286 g/mol. The maximum atomic E-state index is 11.6. The first-order valence-corrected chi connectivity index (χ1v) is 7.15. The van der Waals surface area contributed by atoms with Crippen molar-refractivity contribution in [2.75, 3.05) is 19.8 Å². The molecule has 0 radical (unpaired) electrons. The molecule has 0 aromatic carbocycles. The first-order chi connectivity index (χ1) is 9.30. The summed E-state index contributed by atoms with van der Waals surface area (Å²) in [6, 6.07) is -1.36. The number of rotatable bonds is 8. The van der Waals surface area contributed by atoms with Gasteiger partial charge >= 0.3 is 12.0 Å². The van der Waals surface area contributed by atoms with Crippen molar-refractivity contribution in [3.8, 4) is 0 Å². The average Bonchev–Trinajstić information content (AvgIpc) is 3.12. The first-order valence-electron chi connectivity index (χ1n) is 7.15. The first kappa shape index (κ1) is 16.8. The van der Waals surface area contributed by atoms with Gasteiger partial charge < -0.3 is 20.5 Å².